The fraction of sp³-hybridized carbons (Fsp3) is 0.231. The van der Waals surface area contributed by atoms with Gasteiger partial charge >= 0.3 is 5.97 Å². The summed E-state index contributed by atoms with van der Waals surface area (Å²) < 4.78 is 6.90. The highest BCUT2D eigenvalue weighted by Gasteiger charge is 2.25. The third-order valence-corrected chi connectivity index (χ3v) is 7.62. The Hall–Kier alpha value is -3.63. The SMILES string of the molecule is COC(=O)c1c(NC(=O)CSc2nnc(-c3cccc(N(C)C)c3)n2C)sc(C)c1-c1ccccc1. The van der Waals surface area contributed by atoms with E-state index in [1.54, 1.807) is 0 Å². The van der Waals surface area contributed by atoms with Crippen molar-refractivity contribution in [3.63, 3.8) is 0 Å². The molecule has 0 saturated heterocycles. The van der Waals surface area contributed by atoms with Crippen LogP contribution in [0.2, 0.25) is 0 Å². The van der Waals surface area contributed by atoms with Gasteiger partial charge in [0.25, 0.3) is 0 Å². The standard InChI is InChI=1S/C26H27N5O3S2/c1-16-21(17-10-7-6-8-11-17)22(25(33)34-5)24(36-16)27-20(32)15-35-26-29-28-23(31(26)4)18-12-9-13-19(14-18)30(2)3/h6-14H,15H2,1-5H3,(H,27,32). The van der Waals surface area contributed by atoms with Gasteiger partial charge in [-0.3, -0.25) is 4.79 Å². The van der Waals surface area contributed by atoms with E-state index in [1.165, 1.54) is 30.2 Å². The second-order valence-electron chi connectivity index (χ2n) is 8.24. The van der Waals surface area contributed by atoms with Gasteiger partial charge in [-0.05, 0) is 24.6 Å². The van der Waals surface area contributed by atoms with Gasteiger partial charge in [-0.25, -0.2) is 4.79 Å². The lowest BCUT2D eigenvalue weighted by Crippen LogP contribution is -2.16. The zero-order valence-corrected chi connectivity index (χ0v) is 22.4. The van der Waals surface area contributed by atoms with Crippen LogP contribution in [0.1, 0.15) is 15.2 Å². The Morgan fingerprint density at radius 1 is 1.08 bits per heavy atom. The highest BCUT2D eigenvalue weighted by atomic mass is 32.2. The first-order chi connectivity index (χ1) is 17.3. The van der Waals surface area contributed by atoms with Crippen LogP contribution in [0.25, 0.3) is 22.5 Å². The van der Waals surface area contributed by atoms with E-state index in [1.807, 2.05) is 92.1 Å². The number of nitrogens with zero attached hydrogens (tertiary/aromatic N) is 4. The molecule has 0 spiro atoms. The second kappa shape index (κ2) is 11.0. The predicted molar refractivity (Wildman–Crippen MR) is 146 cm³/mol. The van der Waals surface area contributed by atoms with Crippen LogP contribution in [0.4, 0.5) is 10.7 Å². The van der Waals surface area contributed by atoms with Crippen molar-refractivity contribution in [3.8, 4) is 22.5 Å². The number of thioether (sulfide) groups is 1. The molecule has 0 aliphatic rings. The molecule has 0 radical (unpaired) electrons. The molecule has 2 aromatic carbocycles. The van der Waals surface area contributed by atoms with E-state index in [2.05, 4.69) is 15.5 Å². The zero-order chi connectivity index (χ0) is 25.8. The summed E-state index contributed by atoms with van der Waals surface area (Å²) in [5.74, 6) is 0.0993. The van der Waals surface area contributed by atoms with Crippen molar-refractivity contribution >= 4 is 45.7 Å². The van der Waals surface area contributed by atoms with Crippen molar-refractivity contribution in [2.24, 2.45) is 7.05 Å². The summed E-state index contributed by atoms with van der Waals surface area (Å²) in [5.41, 5.74) is 4.04. The number of anilines is 2. The van der Waals surface area contributed by atoms with Crippen LogP contribution in [0, 0.1) is 6.92 Å². The van der Waals surface area contributed by atoms with Crippen LogP contribution in [0.5, 0.6) is 0 Å². The van der Waals surface area contributed by atoms with E-state index < -0.39 is 5.97 Å². The molecule has 2 aromatic heterocycles. The number of rotatable bonds is 8. The topological polar surface area (TPSA) is 89.3 Å². The number of methoxy groups -OCH3 is 1. The lowest BCUT2D eigenvalue weighted by Gasteiger charge is -2.13. The molecule has 10 heteroatoms. The predicted octanol–water partition coefficient (Wildman–Crippen LogP) is 5.10. The number of aryl methyl sites for hydroxylation is 1. The fourth-order valence-corrected chi connectivity index (χ4v) is 5.58. The van der Waals surface area contributed by atoms with Gasteiger partial charge in [-0.2, -0.15) is 0 Å². The fourth-order valence-electron chi connectivity index (χ4n) is 3.79. The average Bonchev–Trinajstić information content (AvgIpc) is 3.41. The van der Waals surface area contributed by atoms with Crippen molar-refractivity contribution in [1.82, 2.24) is 14.8 Å². The molecule has 1 amide bonds. The van der Waals surface area contributed by atoms with E-state index >= 15 is 0 Å². The normalized spacial score (nSPS) is 10.8. The smallest absolute Gasteiger partial charge is 0.341 e. The molecule has 0 unspecified atom stereocenters. The van der Waals surface area contributed by atoms with Crippen LogP contribution >= 0.6 is 23.1 Å². The first-order valence-corrected chi connectivity index (χ1v) is 13.0. The van der Waals surface area contributed by atoms with Gasteiger partial charge in [0.2, 0.25) is 5.91 Å². The average molecular weight is 522 g/mol. The number of carbonyl (C=O) groups excluding carboxylic acids is 2. The van der Waals surface area contributed by atoms with Crippen LogP contribution in [-0.2, 0) is 16.6 Å². The summed E-state index contributed by atoms with van der Waals surface area (Å²) in [6, 6.07) is 17.6. The minimum Gasteiger partial charge on any atom is -0.465 e. The summed E-state index contributed by atoms with van der Waals surface area (Å²) in [7, 11) is 7.19. The van der Waals surface area contributed by atoms with E-state index in [-0.39, 0.29) is 11.7 Å². The van der Waals surface area contributed by atoms with E-state index in [9.17, 15) is 9.59 Å². The number of esters is 1. The summed E-state index contributed by atoms with van der Waals surface area (Å²) in [5, 5.41) is 12.6. The Morgan fingerprint density at radius 3 is 2.50 bits per heavy atom. The van der Waals surface area contributed by atoms with Crippen LogP contribution < -0.4 is 10.2 Å². The second-order valence-corrected chi connectivity index (χ2v) is 10.4. The Bertz CT molecular complexity index is 1400. The molecule has 1 N–H and O–H groups in total. The molecular weight excluding hydrogens is 494 g/mol. The third-order valence-electron chi connectivity index (χ3n) is 5.58. The van der Waals surface area contributed by atoms with Gasteiger partial charge in [0.15, 0.2) is 11.0 Å². The number of thiophene rings is 1. The highest BCUT2D eigenvalue weighted by molar-refractivity contribution is 7.99. The summed E-state index contributed by atoms with van der Waals surface area (Å²) in [6.07, 6.45) is 0. The molecule has 0 bridgehead atoms. The van der Waals surface area contributed by atoms with Crippen molar-refractivity contribution in [2.75, 3.05) is 37.2 Å². The number of amides is 1. The molecule has 0 aliphatic heterocycles. The number of nitrogens with one attached hydrogen (secondary N) is 1. The van der Waals surface area contributed by atoms with Gasteiger partial charge in [0, 0.05) is 42.8 Å². The molecule has 0 atom stereocenters. The third kappa shape index (κ3) is 5.29. The molecule has 0 saturated carbocycles. The van der Waals surface area contributed by atoms with Gasteiger partial charge in [-0.1, -0.05) is 54.2 Å². The molecule has 8 nitrogen and oxygen atoms in total. The van der Waals surface area contributed by atoms with Gasteiger partial charge in [0.1, 0.15) is 10.6 Å². The number of hydrogen-bond acceptors (Lipinski definition) is 8. The number of aromatic nitrogens is 3. The minimum absolute atomic E-state index is 0.113. The molecule has 4 aromatic rings. The van der Waals surface area contributed by atoms with E-state index in [0.29, 0.717) is 15.7 Å². The quantitative estimate of drug-likeness (QED) is 0.255. The van der Waals surface area contributed by atoms with Crippen molar-refractivity contribution < 1.29 is 14.3 Å². The van der Waals surface area contributed by atoms with Gasteiger partial charge in [-0.15, -0.1) is 21.5 Å². The van der Waals surface area contributed by atoms with Gasteiger partial charge in [0.05, 0.1) is 12.9 Å². The highest BCUT2D eigenvalue weighted by Crippen LogP contribution is 2.40. The monoisotopic (exact) mass is 521 g/mol. The lowest BCUT2D eigenvalue weighted by molar-refractivity contribution is -0.113. The number of benzene rings is 2. The van der Waals surface area contributed by atoms with E-state index in [4.69, 9.17) is 4.74 Å². The Morgan fingerprint density at radius 2 is 1.81 bits per heavy atom. The largest absolute Gasteiger partial charge is 0.465 e. The lowest BCUT2D eigenvalue weighted by atomic mass is 10.0. The number of carbonyl (C=O) groups is 2. The van der Waals surface area contributed by atoms with Crippen LogP contribution in [0.15, 0.2) is 59.8 Å². The number of ether oxygens (including phenoxy) is 1. The minimum atomic E-state index is -0.487. The first kappa shape index (κ1) is 25.5. The molecule has 4 rings (SSSR count). The summed E-state index contributed by atoms with van der Waals surface area (Å²) in [6.45, 7) is 1.93. The summed E-state index contributed by atoms with van der Waals surface area (Å²) >= 11 is 2.64. The van der Waals surface area contributed by atoms with Crippen molar-refractivity contribution in [2.45, 2.75) is 12.1 Å². The maximum atomic E-state index is 12.9. The van der Waals surface area contributed by atoms with Crippen molar-refractivity contribution in [3.05, 3.63) is 65.0 Å². The molecule has 0 fully saturated rings. The first-order valence-electron chi connectivity index (χ1n) is 11.2. The maximum absolute atomic E-state index is 12.9. The molecule has 2 heterocycles. The van der Waals surface area contributed by atoms with Gasteiger partial charge < -0.3 is 19.5 Å². The van der Waals surface area contributed by atoms with E-state index in [0.717, 1.165) is 33.1 Å². The molecular formula is C26H27N5O3S2. The molecule has 0 aliphatic carbocycles. The van der Waals surface area contributed by atoms with Crippen LogP contribution in [-0.4, -0.2) is 53.6 Å². The summed E-state index contributed by atoms with van der Waals surface area (Å²) in [4.78, 5) is 28.5. The molecule has 36 heavy (non-hydrogen) atoms. The Kier molecular flexibility index (Phi) is 7.76. The maximum Gasteiger partial charge on any atom is 0.341 e. The molecule has 186 valence electrons. The Labute approximate surface area is 218 Å². The Balaban J connectivity index is 1.51. The zero-order valence-electron chi connectivity index (χ0n) is 20.7. The van der Waals surface area contributed by atoms with Crippen molar-refractivity contribution in [1.29, 1.82) is 0 Å². The van der Waals surface area contributed by atoms with Crippen LogP contribution in [0.3, 0.4) is 0 Å². The number of hydrogen-bond donors (Lipinski definition) is 1.